The number of H-pyrrole nitrogens is 1. The second kappa shape index (κ2) is 6.81. The monoisotopic (exact) mass is 316 g/mol. The number of carbonyl (C=O) groups is 1. The summed E-state index contributed by atoms with van der Waals surface area (Å²) in [4.78, 5) is 14.2. The van der Waals surface area contributed by atoms with Crippen molar-refractivity contribution >= 4 is 11.6 Å². The van der Waals surface area contributed by atoms with Gasteiger partial charge in [-0.05, 0) is 31.0 Å². The maximum absolute atomic E-state index is 13.8. The predicted molar refractivity (Wildman–Crippen MR) is 86.5 cm³/mol. The first-order chi connectivity index (χ1) is 11.2. The standard InChI is InChI=1S/C17H21FN4O/c1-2-13-9-14(21-20-13)10-19-17(23)12-7-8-22(11-12)16-6-4-3-5-15(16)18/h3-6,9,12H,2,7-8,10-11H2,1H3,(H,19,23)(H,20,21). The van der Waals surface area contributed by atoms with Gasteiger partial charge in [0.15, 0.2) is 0 Å². The van der Waals surface area contributed by atoms with Gasteiger partial charge >= 0.3 is 0 Å². The van der Waals surface area contributed by atoms with Crippen molar-refractivity contribution in [3.8, 4) is 0 Å². The Bertz CT molecular complexity index is 685. The molecule has 122 valence electrons. The van der Waals surface area contributed by atoms with Gasteiger partial charge in [0.1, 0.15) is 5.82 Å². The maximum Gasteiger partial charge on any atom is 0.225 e. The lowest BCUT2D eigenvalue weighted by Gasteiger charge is -2.19. The summed E-state index contributed by atoms with van der Waals surface area (Å²) in [5, 5.41) is 10.00. The first-order valence-electron chi connectivity index (χ1n) is 7.97. The molecule has 23 heavy (non-hydrogen) atoms. The van der Waals surface area contributed by atoms with Crippen LogP contribution in [0, 0.1) is 11.7 Å². The molecule has 1 aliphatic rings. The molecule has 1 saturated heterocycles. The molecule has 3 rings (SSSR count). The fraction of sp³-hybridized carbons (Fsp3) is 0.412. The number of aromatic amines is 1. The first-order valence-corrected chi connectivity index (χ1v) is 7.97. The second-order valence-electron chi connectivity index (χ2n) is 5.84. The minimum Gasteiger partial charge on any atom is -0.368 e. The van der Waals surface area contributed by atoms with E-state index in [4.69, 9.17) is 0 Å². The van der Waals surface area contributed by atoms with Crippen LogP contribution in [-0.4, -0.2) is 29.2 Å². The summed E-state index contributed by atoms with van der Waals surface area (Å²) in [6.07, 6.45) is 1.61. The van der Waals surface area contributed by atoms with Gasteiger partial charge in [-0.25, -0.2) is 4.39 Å². The summed E-state index contributed by atoms with van der Waals surface area (Å²) < 4.78 is 13.8. The van der Waals surface area contributed by atoms with E-state index < -0.39 is 0 Å². The summed E-state index contributed by atoms with van der Waals surface area (Å²) in [5.41, 5.74) is 2.46. The van der Waals surface area contributed by atoms with Crippen molar-refractivity contribution in [2.75, 3.05) is 18.0 Å². The molecule has 2 heterocycles. The van der Waals surface area contributed by atoms with E-state index in [2.05, 4.69) is 15.5 Å². The lowest BCUT2D eigenvalue weighted by atomic mass is 10.1. The molecule has 0 bridgehead atoms. The number of carbonyl (C=O) groups excluding carboxylic acids is 1. The number of aryl methyl sites for hydroxylation is 1. The highest BCUT2D eigenvalue weighted by molar-refractivity contribution is 5.80. The number of nitrogens with zero attached hydrogens (tertiary/aromatic N) is 2. The number of nitrogens with one attached hydrogen (secondary N) is 2. The SMILES string of the molecule is CCc1cc(CNC(=O)C2CCN(c3ccccc3F)C2)[nH]n1. The largest absolute Gasteiger partial charge is 0.368 e. The minimum absolute atomic E-state index is 0.0106. The van der Waals surface area contributed by atoms with Crippen LogP contribution < -0.4 is 10.2 Å². The van der Waals surface area contributed by atoms with Crippen molar-refractivity contribution in [2.45, 2.75) is 26.3 Å². The van der Waals surface area contributed by atoms with Crippen molar-refractivity contribution in [3.63, 3.8) is 0 Å². The third kappa shape index (κ3) is 3.52. The molecule has 1 unspecified atom stereocenters. The van der Waals surface area contributed by atoms with Crippen molar-refractivity contribution in [1.29, 1.82) is 0 Å². The smallest absolute Gasteiger partial charge is 0.225 e. The third-order valence-corrected chi connectivity index (χ3v) is 4.25. The summed E-state index contributed by atoms with van der Waals surface area (Å²) in [7, 11) is 0. The van der Waals surface area contributed by atoms with E-state index in [1.807, 2.05) is 24.0 Å². The van der Waals surface area contributed by atoms with E-state index in [0.717, 1.165) is 24.2 Å². The highest BCUT2D eigenvalue weighted by Gasteiger charge is 2.29. The Hall–Kier alpha value is -2.37. The number of benzene rings is 1. The van der Waals surface area contributed by atoms with E-state index in [-0.39, 0.29) is 17.6 Å². The predicted octanol–water partition coefficient (Wildman–Crippen LogP) is 2.25. The lowest BCUT2D eigenvalue weighted by Crippen LogP contribution is -2.32. The fourth-order valence-corrected chi connectivity index (χ4v) is 2.91. The summed E-state index contributed by atoms with van der Waals surface area (Å²) >= 11 is 0. The number of halogens is 1. The van der Waals surface area contributed by atoms with Crippen LogP contribution >= 0.6 is 0 Å². The molecule has 2 aromatic rings. The zero-order valence-electron chi connectivity index (χ0n) is 13.2. The number of rotatable bonds is 5. The van der Waals surface area contributed by atoms with Gasteiger partial charge in [-0.2, -0.15) is 5.10 Å². The fourth-order valence-electron chi connectivity index (χ4n) is 2.91. The van der Waals surface area contributed by atoms with Crippen LogP contribution in [0.4, 0.5) is 10.1 Å². The zero-order valence-corrected chi connectivity index (χ0v) is 13.2. The van der Waals surface area contributed by atoms with Crippen LogP contribution in [0.1, 0.15) is 24.7 Å². The van der Waals surface area contributed by atoms with Crippen molar-refractivity contribution in [2.24, 2.45) is 5.92 Å². The van der Waals surface area contributed by atoms with Gasteiger partial charge in [0, 0.05) is 13.1 Å². The van der Waals surface area contributed by atoms with Crippen molar-refractivity contribution < 1.29 is 9.18 Å². The number of anilines is 1. The molecule has 6 heteroatoms. The molecule has 1 aliphatic heterocycles. The van der Waals surface area contributed by atoms with Crippen LogP contribution in [0.2, 0.25) is 0 Å². The van der Waals surface area contributed by atoms with Gasteiger partial charge in [-0.3, -0.25) is 9.89 Å². The maximum atomic E-state index is 13.8. The Morgan fingerprint density at radius 1 is 1.48 bits per heavy atom. The van der Waals surface area contributed by atoms with Crippen LogP contribution in [0.5, 0.6) is 0 Å². The normalized spacial score (nSPS) is 17.5. The van der Waals surface area contributed by atoms with E-state index in [1.54, 1.807) is 12.1 Å². The van der Waals surface area contributed by atoms with Crippen LogP contribution in [0.25, 0.3) is 0 Å². The highest BCUT2D eigenvalue weighted by Crippen LogP contribution is 2.26. The summed E-state index contributed by atoms with van der Waals surface area (Å²) in [6.45, 7) is 3.73. The number of hydrogen-bond acceptors (Lipinski definition) is 3. The molecule has 1 atom stereocenters. The van der Waals surface area contributed by atoms with Gasteiger partial charge in [0.2, 0.25) is 5.91 Å². The Morgan fingerprint density at radius 3 is 3.04 bits per heavy atom. The minimum atomic E-state index is -0.238. The van der Waals surface area contributed by atoms with Gasteiger partial charge < -0.3 is 10.2 Å². The van der Waals surface area contributed by atoms with Crippen LogP contribution in [-0.2, 0) is 17.8 Å². The molecule has 1 aromatic heterocycles. The molecule has 2 N–H and O–H groups in total. The van der Waals surface area contributed by atoms with Crippen molar-refractivity contribution in [3.05, 3.63) is 47.5 Å². The molecule has 1 amide bonds. The van der Waals surface area contributed by atoms with E-state index in [1.165, 1.54) is 6.07 Å². The number of aromatic nitrogens is 2. The van der Waals surface area contributed by atoms with E-state index >= 15 is 0 Å². The molecule has 1 fully saturated rings. The van der Waals surface area contributed by atoms with Gasteiger partial charge in [-0.15, -0.1) is 0 Å². The molecular formula is C17H21FN4O. The Labute approximate surface area is 134 Å². The molecule has 0 spiro atoms. The Kier molecular flexibility index (Phi) is 4.60. The van der Waals surface area contributed by atoms with Crippen LogP contribution in [0.3, 0.4) is 0 Å². The second-order valence-corrected chi connectivity index (χ2v) is 5.84. The average molecular weight is 316 g/mol. The Balaban J connectivity index is 1.54. The van der Waals surface area contributed by atoms with Crippen molar-refractivity contribution in [1.82, 2.24) is 15.5 Å². The highest BCUT2D eigenvalue weighted by atomic mass is 19.1. The van der Waals surface area contributed by atoms with E-state index in [9.17, 15) is 9.18 Å². The number of amides is 1. The molecule has 0 radical (unpaired) electrons. The molecule has 0 saturated carbocycles. The summed E-state index contributed by atoms with van der Waals surface area (Å²) in [6, 6.07) is 8.66. The average Bonchev–Trinajstić information content (AvgIpc) is 3.22. The topological polar surface area (TPSA) is 61.0 Å². The molecule has 5 nitrogen and oxygen atoms in total. The quantitative estimate of drug-likeness (QED) is 0.889. The zero-order chi connectivity index (χ0) is 16.2. The lowest BCUT2D eigenvalue weighted by molar-refractivity contribution is -0.124. The number of para-hydroxylation sites is 1. The van der Waals surface area contributed by atoms with Crippen LogP contribution in [0.15, 0.2) is 30.3 Å². The first kappa shape index (κ1) is 15.5. The van der Waals surface area contributed by atoms with Gasteiger partial charge in [0.25, 0.3) is 0 Å². The molecule has 1 aromatic carbocycles. The third-order valence-electron chi connectivity index (χ3n) is 4.25. The molecular weight excluding hydrogens is 295 g/mol. The molecule has 0 aliphatic carbocycles. The number of hydrogen-bond donors (Lipinski definition) is 2. The van der Waals surface area contributed by atoms with Gasteiger partial charge in [0.05, 0.1) is 29.5 Å². The van der Waals surface area contributed by atoms with E-state index in [0.29, 0.717) is 25.3 Å². The summed E-state index contributed by atoms with van der Waals surface area (Å²) in [5.74, 6) is -0.335. The Morgan fingerprint density at radius 2 is 2.30 bits per heavy atom. The van der Waals surface area contributed by atoms with Gasteiger partial charge in [-0.1, -0.05) is 19.1 Å².